The molecule has 7 heteroatoms. The van der Waals surface area contributed by atoms with Crippen molar-refractivity contribution in [3.63, 3.8) is 0 Å². The van der Waals surface area contributed by atoms with Crippen molar-refractivity contribution in [3.8, 4) is 6.07 Å². The van der Waals surface area contributed by atoms with E-state index in [4.69, 9.17) is 14.5 Å². The second-order valence-electron chi connectivity index (χ2n) is 4.49. The van der Waals surface area contributed by atoms with Gasteiger partial charge in [0.25, 0.3) is 0 Å². The fourth-order valence-corrected chi connectivity index (χ4v) is 2.84. The van der Waals surface area contributed by atoms with Gasteiger partial charge >= 0.3 is 107 Å². The Morgan fingerprint density at radius 3 is 2.56 bits per heavy atom. The number of carbonyl (C=O) groups is 1. The third-order valence-electron chi connectivity index (χ3n) is 2.28. The van der Waals surface area contributed by atoms with Gasteiger partial charge in [-0.1, -0.05) is 0 Å². The molecule has 106 valence electrons. The zero-order chi connectivity index (χ0) is 14.3. The van der Waals surface area contributed by atoms with Gasteiger partial charge in [0.05, 0.1) is 0 Å². The zero-order valence-corrected chi connectivity index (χ0v) is 12.0. The molecular formula is C11H22NO5P. The number of rotatable bonds is 8. The van der Waals surface area contributed by atoms with E-state index >= 15 is 0 Å². The van der Waals surface area contributed by atoms with Crippen molar-refractivity contribution in [2.24, 2.45) is 0 Å². The quantitative estimate of drug-likeness (QED) is 0.397. The molecule has 1 unspecified atom stereocenters. The molecule has 0 aliphatic carbocycles. The summed E-state index contributed by atoms with van der Waals surface area (Å²) in [7, 11) is -4.18. The average Bonchev–Trinajstić information content (AvgIpc) is 2.23. The van der Waals surface area contributed by atoms with E-state index in [1.54, 1.807) is 6.07 Å². The summed E-state index contributed by atoms with van der Waals surface area (Å²) < 4.78 is 9.86. The zero-order valence-electron chi connectivity index (χ0n) is 11.1. The van der Waals surface area contributed by atoms with Gasteiger partial charge in [0, 0.05) is 0 Å². The summed E-state index contributed by atoms with van der Waals surface area (Å²) in [6, 6.07) is 1.79. The monoisotopic (exact) mass is 279 g/mol. The fraction of sp³-hybridized carbons (Fsp3) is 0.818. The van der Waals surface area contributed by atoms with Crippen LogP contribution in [0.2, 0.25) is 0 Å². The van der Waals surface area contributed by atoms with Gasteiger partial charge in [0.15, 0.2) is 0 Å². The van der Waals surface area contributed by atoms with Crippen molar-refractivity contribution in [1.82, 2.24) is 0 Å². The molecule has 0 radical (unpaired) electrons. The SMILES string of the molecule is CCCCOP(C)(O)(O)CCC(C#N)OC(C)=O. The summed E-state index contributed by atoms with van der Waals surface area (Å²) in [5, 5.41) is 8.75. The summed E-state index contributed by atoms with van der Waals surface area (Å²) >= 11 is 0. The summed E-state index contributed by atoms with van der Waals surface area (Å²) in [5.74, 6) is -0.569. The number of nitrogens with zero attached hydrogens (tertiary/aromatic N) is 1. The number of esters is 1. The van der Waals surface area contributed by atoms with Gasteiger partial charge in [-0.3, -0.25) is 0 Å². The molecule has 0 fully saturated rings. The van der Waals surface area contributed by atoms with E-state index < -0.39 is 19.4 Å². The van der Waals surface area contributed by atoms with Gasteiger partial charge in [-0.25, -0.2) is 0 Å². The van der Waals surface area contributed by atoms with Crippen molar-refractivity contribution in [2.45, 2.75) is 39.2 Å². The molecule has 18 heavy (non-hydrogen) atoms. The van der Waals surface area contributed by atoms with Gasteiger partial charge in [-0.2, -0.15) is 0 Å². The summed E-state index contributed by atoms with van der Waals surface area (Å²) in [4.78, 5) is 30.7. The number of carbonyl (C=O) groups excluding carboxylic acids is 1. The van der Waals surface area contributed by atoms with E-state index in [0.717, 1.165) is 12.8 Å². The van der Waals surface area contributed by atoms with Crippen LogP contribution in [0.15, 0.2) is 0 Å². The molecule has 2 N–H and O–H groups in total. The van der Waals surface area contributed by atoms with Crippen LogP contribution in [0, 0.1) is 11.3 Å². The van der Waals surface area contributed by atoms with Gasteiger partial charge in [0.1, 0.15) is 0 Å². The Bertz CT molecular complexity index is 318. The molecule has 0 saturated carbocycles. The van der Waals surface area contributed by atoms with Crippen molar-refractivity contribution in [2.75, 3.05) is 19.4 Å². The molecule has 0 aliphatic heterocycles. The van der Waals surface area contributed by atoms with Crippen LogP contribution in [0.1, 0.15) is 33.1 Å². The first-order valence-corrected chi connectivity index (χ1v) is 8.60. The van der Waals surface area contributed by atoms with Gasteiger partial charge < -0.3 is 0 Å². The second kappa shape index (κ2) is 7.01. The van der Waals surface area contributed by atoms with Crippen LogP contribution in [-0.4, -0.2) is 41.3 Å². The van der Waals surface area contributed by atoms with Crippen LogP contribution >= 0.6 is 7.28 Å². The predicted octanol–water partition coefficient (Wildman–Crippen LogP) is 1.56. The molecule has 0 bridgehead atoms. The van der Waals surface area contributed by atoms with Crippen LogP contribution in [0.25, 0.3) is 0 Å². The van der Waals surface area contributed by atoms with Crippen LogP contribution in [0.4, 0.5) is 0 Å². The first-order valence-electron chi connectivity index (χ1n) is 5.91. The molecule has 6 nitrogen and oxygen atoms in total. The second-order valence-corrected chi connectivity index (χ2v) is 8.32. The van der Waals surface area contributed by atoms with E-state index in [1.165, 1.54) is 13.6 Å². The van der Waals surface area contributed by atoms with Crippen LogP contribution < -0.4 is 0 Å². The Morgan fingerprint density at radius 1 is 1.50 bits per heavy atom. The molecule has 0 amide bonds. The Hall–Kier alpha value is -0.730. The van der Waals surface area contributed by atoms with E-state index in [1.807, 2.05) is 6.92 Å². The Labute approximate surface area is 108 Å². The topological polar surface area (TPSA) is 99.8 Å². The first-order chi connectivity index (χ1) is 8.18. The minimum absolute atomic E-state index is 0.0452. The van der Waals surface area contributed by atoms with E-state index in [9.17, 15) is 14.6 Å². The number of hydrogen-bond donors (Lipinski definition) is 2. The Morgan fingerprint density at radius 2 is 2.11 bits per heavy atom. The van der Waals surface area contributed by atoms with E-state index in [0.29, 0.717) is 0 Å². The number of unbranched alkanes of at least 4 members (excludes halogenated alkanes) is 1. The molecule has 1 atom stereocenters. The number of ether oxygens (including phenoxy) is 1. The van der Waals surface area contributed by atoms with Crippen LogP contribution in [0.5, 0.6) is 0 Å². The molecule has 0 rings (SSSR count). The van der Waals surface area contributed by atoms with Crippen molar-refractivity contribution in [1.29, 1.82) is 5.26 Å². The normalized spacial score (nSPS) is 15.2. The molecule has 0 aromatic rings. The minimum atomic E-state index is -4.18. The molecule has 0 heterocycles. The Balaban J connectivity index is 4.29. The van der Waals surface area contributed by atoms with Crippen molar-refractivity contribution in [3.05, 3.63) is 0 Å². The van der Waals surface area contributed by atoms with Crippen LogP contribution in [0.3, 0.4) is 0 Å². The summed E-state index contributed by atoms with van der Waals surface area (Å²) in [6.07, 6.45) is 0.599. The van der Waals surface area contributed by atoms with E-state index in [-0.39, 0.29) is 19.2 Å². The predicted molar refractivity (Wildman–Crippen MR) is 68.8 cm³/mol. The van der Waals surface area contributed by atoms with Gasteiger partial charge in [0.2, 0.25) is 0 Å². The number of nitriles is 1. The summed E-state index contributed by atoms with van der Waals surface area (Å²) in [5.41, 5.74) is 0. The van der Waals surface area contributed by atoms with Crippen molar-refractivity contribution < 1.29 is 23.8 Å². The van der Waals surface area contributed by atoms with Crippen LogP contribution in [-0.2, 0) is 14.1 Å². The van der Waals surface area contributed by atoms with Gasteiger partial charge in [-0.15, -0.1) is 0 Å². The maximum absolute atomic E-state index is 10.7. The third kappa shape index (κ3) is 8.37. The first kappa shape index (κ1) is 17.3. The van der Waals surface area contributed by atoms with Gasteiger partial charge in [-0.05, 0) is 0 Å². The third-order valence-corrected chi connectivity index (χ3v) is 4.43. The molecule has 0 spiro atoms. The standard InChI is InChI=1S/C11H22NO5P/c1-4-5-7-16-18(3,14,15)8-6-11(9-12)17-10(2)13/h11,14-15H,4-8H2,1-3H3. The molecule has 0 aromatic carbocycles. The average molecular weight is 279 g/mol. The maximum atomic E-state index is 10.7. The summed E-state index contributed by atoms with van der Waals surface area (Å²) in [6.45, 7) is 4.69. The Kier molecular flexibility index (Phi) is 6.72. The number of hydrogen-bond acceptors (Lipinski definition) is 6. The van der Waals surface area contributed by atoms with E-state index in [2.05, 4.69) is 0 Å². The molecule has 0 aliphatic rings. The molecule has 0 aromatic heterocycles. The van der Waals surface area contributed by atoms with Crippen molar-refractivity contribution >= 4 is 13.3 Å². The molecule has 0 saturated heterocycles. The molecular weight excluding hydrogens is 257 g/mol. The fourth-order valence-electron chi connectivity index (χ4n) is 1.28.